The van der Waals surface area contributed by atoms with Crippen molar-refractivity contribution >= 4 is 45.8 Å². The van der Waals surface area contributed by atoms with E-state index in [1.165, 1.54) is 12.1 Å². The molecule has 112 valence electrons. The largest absolute Gasteiger partial charge is 0.339 e. The highest BCUT2D eigenvalue weighted by atomic mass is 79.9. The number of carbonyl (C=O) groups excluding carboxylic acids is 1. The molecule has 1 amide bonds. The summed E-state index contributed by atoms with van der Waals surface area (Å²) in [7, 11) is 1.72. The molecular weight excluding hydrogens is 370 g/mol. The third kappa shape index (κ3) is 3.85. The van der Waals surface area contributed by atoms with E-state index < -0.39 is 5.82 Å². The Bertz CT molecular complexity index is 496. The van der Waals surface area contributed by atoms with Gasteiger partial charge >= 0.3 is 0 Å². The Hall–Kier alpha value is -0.360. The van der Waals surface area contributed by atoms with Gasteiger partial charge in [0, 0.05) is 17.6 Å². The summed E-state index contributed by atoms with van der Waals surface area (Å²) in [5.74, 6) is -0.874. The molecular formula is C13H16BrCl2FN2O. The van der Waals surface area contributed by atoms with Gasteiger partial charge < -0.3 is 10.2 Å². The second-order valence-electron chi connectivity index (χ2n) is 4.64. The lowest BCUT2D eigenvalue weighted by atomic mass is 10.0. The number of nitrogens with zero attached hydrogens (tertiary/aromatic N) is 1. The minimum Gasteiger partial charge on any atom is -0.339 e. The molecule has 3 nitrogen and oxygen atoms in total. The smallest absolute Gasteiger partial charge is 0.256 e. The van der Waals surface area contributed by atoms with Crippen LogP contribution in [0.2, 0.25) is 5.02 Å². The Balaban J connectivity index is 0.00000200. The third-order valence-corrected chi connectivity index (χ3v) is 4.61. The number of piperidine rings is 1. The average Bonchev–Trinajstić information content (AvgIpc) is 2.42. The van der Waals surface area contributed by atoms with Crippen LogP contribution in [0.3, 0.4) is 0 Å². The molecule has 0 aliphatic carbocycles. The maximum absolute atomic E-state index is 13.9. The molecule has 0 radical (unpaired) electrons. The first-order chi connectivity index (χ1) is 9.00. The fraction of sp³-hybridized carbons (Fsp3) is 0.462. The predicted octanol–water partition coefficient (Wildman–Crippen LogP) is 3.49. The molecule has 1 aliphatic rings. The topological polar surface area (TPSA) is 32.3 Å². The molecule has 2 rings (SSSR count). The average molecular weight is 386 g/mol. The van der Waals surface area contributed by atoms with E-state index >= 15 is 0 Å². The second-order valence-corrected chi connectivity index (χ2v) is 5.90. The van der Waals surface area contributed by atoms with Gasteiger partial charge in [-0.3, -0.25) is 4.79 Å². The molecule has 0 spiro atoms. The fourth-order valence-corrected chi connectivity index (χ4v) is 2.72. The highest BCUT2D eigenvalue weighted by Crippen LogP contribution is 2.27. The van der Waals surface area contributed by atoms with Gasteiger partial charge in [-0.15, -0.1) is 12.4 Å². The van der Waals surface area contributed by atoms with Crippen molar-refractivity contribution in [3.8, 4) is 0 Å². The summed E-state index contributed by atoms with van der Waals surface area (Å²) >= 11 is 9.06. The van der Waals surface area contributed by atoms with Crippen molar-refractivity contribution < 1.29 is 9.18 Å². The summed E-state index contributed by atoms with van der Waals surface area (Å²) in [5.41, 5.74) is 0.0224. The van der Waals surface area contributed by atoms with Gasteiger partial charge in [-0.25, -0.2) is 4.39 Å². The Morgan fingerprint density at radius 3 is 2.65 bits per heavy atom. The van der Waals surface area contributed by atoms with E-state index in [4.69, 9.17) is 11.6 Å². The highest BCUT2D eigenvalue weighted by Gasteiger charge is 2.25. The van der Waals surface area contributed by atoms with Crippen LogP contribution in [-0.4, -0.2) is 37.0 Å². The van der Waals surface area contributed by atoms with Crippen LogP contribution in [0, 0.1) is 5.82 Å². The first kappa shape index (κ1) is 17.7. The first-order valence-electron chi connectivity index (χ1n) is 6.13. The van der Waals surface area contributed by atoms with Crippen molar-refractivity contribution in [3.63, 3.8) is 0 Å². The highest BCUT2D eigenvalue weighted by molar-refractivity contribution is 9.10. The van der Waals surface area contributed by atoms with E-state index in [0.29, 0.717) is 9.50 Å². The van der Waals surface area contributed by atoms with E-state index in [1.807, 2.05) is 0 Å². The van der Waals surface area contributed by atoms with Crippen LogP contribution in [0.15, 0.2) is 16.6 Å². The molecule has 1 N–H and O–H groups in total. The number of hydrogen-bond acceptors (Lipinski definition) is 2. The third-order valence-electron chi connectivity index (χ3n) is 3.42. The van der Waals surface area contributed by atoms with Crippen molar-refractivity contribution in [2.75, 3.05) is 20.1 Å². The van der Waals surface area contributed by atoms with Crippen molar-refractivity contribution in [2.24, 2.45) is 0 Å². The van der Waals surface area contributed by atoms with Crippen LogP contribution in [0.1, 0.15) is 23.2 Å². The Morgan fingerprint density at radius 2 is 2.05 bits per heavy atom. The van der Waals surface area contributed by atoms with Crippen molar-refractivity contribution in [3.05, 3.63) is 33.0 Å². The number of hydrogen-bond donors (Lipinski definition) is 1. The first-order valence-corrected chi connectivity index (χ1v) is 7.30. The maximum Gasteiger partial charge on any atom is 0.256 e. The molecule has 1 heterocycles. The number of nitrogens with one attached hydrogen (secondary N) is 1. The maximum atomic E-state index is 13.9. The van der Waals surface area contributed by atoms with Gasteiger partial charge in [-0.1, -0.05) is 11.6 Å². The number of halogens is 4. The lowest BCUT2D eigenvalue weighted by Gasteiger charge is -2.31. The van der Waals surface area contributed by atoms with Gasteiger partial charge in [-0.05, 0) is 54.0 Å². The van der Waals surface area contributed by atoms with Crippen molar-refractivity contribution in [1.82, 2.24) is 10.2 Å². The van der Waals surface area contributed by atoms with Crippen LogP contribution in [0.25, 0.3) is 0 Å². The van der Waals surface area contributed by atoms with Crippen LogP contribution in [0.4, 0.5) is 4.39 Å². The van der Waals surface area contributed by atoms with E-state index in [1.54, 1.807) is 11.9 Å². The van der Waals surface area contributed by atoms with Crippen molar-refractivity contribution in [2.45, 2.75) is 18.9 Å². The summed E-state index contributed by atoms with van der Waals surface area (Å²) in [6.45, 7) is 1.76. The minimum atomic E-state index is -0.554. The van der Waals surface area contributed by atoms with E-state index in [2.05, 4.69) is 21.2 Å². The van der Waals surface area contributed by atoms with Gasteiger partial charge in [0.05, 0.1) is 10.6 Å². The SMILES string of the molecule is CN(C(=O)c1cc(Cl)c(Br)cc1F)C1CCNCC1.Cl. The summed E-state index contributed by atoms with van der Waals surface area (Å²) in [6, 6.07) is 2.75. The predicted molar refractivity (Wildman–Crippen MR) is 84.3 cm³/mol. The number of amides is 1. The van der Waals surface area contributed by atoms with Crippen molar-refractivity contribution in [1.29, 1.82) is 0 Å². The van der Waals surface area contributed by atoms with Gasteiger partial charge in [-0.2, -0.15) is 0 Å². The molecule has 1 fully saturated rings. The summed E-state index contributed by atoms with van der Waals surface area (Å²) in [5, 5.41) is 3.57. The molecule has 0 bridgehead atoms. The van der Waals surface area contributed by atoms with Crippen LogP contribution in [0.5, 0.6) is 0 Å². The summed E-state index contributed by atoms with van der Waals surface area (Å²) < 4.78 is 14.3. The Labute approximate surface area is 137 Å². The van der Waals surface area contributed by atoms with Gasteiger partial charge in [0.2, 0.25) is 0 Å². The quantitative estimate of drug-likeness (QED) is 0.790. The fourth-order valence-electron chi connectivity index (χ4n) is 2.24. The van der Waals surface area contributed by atoms with Crippen LogP contribution in [-0.2, 0) is 0 Å². The normalized spacial score (nSPS) is 15.6. The monoisotopic (exact) mass is 384 g/mol. The van der Waals surface area contributed by atoms with Crippen LogP contribution >= 0.6 is 39.9 Å². The zero-order chi connectivity index (χ0) is 14.0. The van der Waals surface area contributed by atoms with Gasteiger partial charge in [0.25, 0.3) is 5.91 Å². The lowest BCUT2D eigenvalue weighted by molar-refractivity contribution is 0.0698. The summed E-state index contributed by atoms with van der Waals surface area (Å²) in [6.07, 6.45) is 1.77. The molecule has 1 aromatic carbocycles. The molecule has 0 atom stereocenters. The molecule has 1 aromatic rings. The molecule has 0 unspecified atom stereocenters. The standard InChI is InChI=1S/C13H15BrClFN2O.ClH/c1-18(8-2-4-17-5-3-8)13(19)9-6-11(15)10(14)7-12(9)16;/h6-8,17H,2-5H2,1H3;1H. The lowest BCUT2D eigenvalue weighted by Crippen LogP contribution is -2.44. The Morgan fingerprint density at radius 1 is 1.45 bits per heavy atom. The molecule has 0 aromatic heterocycles. The minimum absolute atomic E-state index is 0. The van der Waals surface area contributed by atoms with Gasteiger partial charge in [0.1, 0.15) is 5.82 Å². The van der Waals surface area contributed by atoms with Crippen LogP contribution < -0.4 is 5.32 Å². The molecule has 7 heteroatoms. The molecule has 1 saturated heterocycles. The number of rotatable bonds is 2. The van der Waals surface area contributed by atoms with E-state index in [-0.39, 0.29) is 29.9 Å². The zero-order valence-electron chi connectivity index (χ0n) is 11.0. The molecule has 20 heavy (non-hydrogen) atoms. The summed E-state index contributed by atoms with van der Waals surface area (Å²) in [4.78, 5) is 13.9. The number of benzene rings is 1. The molecule has 0 saturated carbocycles. The second kappa shape index (κ2) is 7.59. The zero-order valence-corrected chi connectivity index (χ0v) is 14.1. The van der Waals surface area contributed by atoms with E-state index in [9.17, 15) is 9.18 Å². The molecule has 1 aliphatic heterocycles. The van der Waals surface area contributed by atoms with E-state index in [0.717, 1.165) is 25.9 Å². The number of carbonyl (C=O) groups is 1. The Kier molecular flexibility index (Phi) is 6.72. The van der Waals surface area contributed by atoms with Gasteiger partial charge in [0.15, 0.2) is 0 Å².